The molecule has 4 N–H and O–H groups in total. The number of carbonyl (C=O) groups is 1. The van der Waals surface area contributed by atoms with E-state index >= 15 is 0 Å². The summed E-state index contributed by atoms with van der Waals surface area (Å²) < 4.78 is 0. The molecule has 0 heterocycles. The highest BCUT2D eigenvalue weighted by atomic mass is 16.7. The van der Waals surface area contributed by atoms with E-state index in [1.54, 1.807) is 12.9 Å². The number of aliphatic carboxylic acids is 1. The van der Waals surface area contributed by atoms with Crippen LogP contribution in [0.5, 0.6) is 0 Å². The van der Waals surface area contributed by atoms with Crippen molar-refractivity contribution in [2.24, 2.45) is 17.8 Å². The maximum Gasteiger partial charge on any atom is 0.311 e. The smallest absolute Gasteiger partial charge is 0.311 e. The van der Waals surface area contributed by atoms with E-state index in [1.165, 1.54) is 18.1 Å². The van der Waals surface area contributed by atoms with Crippen molar-refractivity contribution in [2.75, 3.05) is 0 Å². The summed E-state index contributed by atoms with van der Waals surface area (Å²) >= 11 is 0. The van der Waals surface area contributed by atoms with Crippen LogP contribution in [-0.2, 0) is 27.3 Å². The topological polar surface area (TPSA) is 116 Å². The molecular formula is C27H43NO6. The summed E-state index contributed by atoms with van der Waals surface area (Å²) in [6, 6.07) is 7.44. The van der Waals surface area contributed by atoms with Gasteiger partial charge in [0.15, 0.2) is 0 Å². The van der Waals surface area contributed by atoms with Crippen LogP contribution in [0.3, 0.4) is 0 Å². The molecule has 1 rings (SSSR count). The molecule has 192 valence electrons. The Labute approximate surface area is 204 Å². The van der Waals surface area contributed by atoms with Crippen LogP contribution in [0.25, 0.3) is 0 Å². The molecule has 0 saturated carbocycles. The average molecular weight is 478 g/mol. The lowest BCUT2D eigenvalue weighted by Gasteiger charge is -2.33. The Kier molecular flexibility index (Phi) is 12.1. The molecule has 0 amide bonds. The summed E-state index contributed by atoms with van der Waals surface area (Å²) in [5.41, 5.74) is 4.52. The first kappa shape index (κ1) is 30.0. The van der Waals surface area contributed by atoms with Crippen LogP contribution in [0.15, 0.2) is 29.8 Å². The van der Waals surface area contributed by atoms with E-state index in [1.807, 2.05) is 32.9 Å². The number of aliphatic hydroxyl groups is 2. The van der Waals surface area contributed by atoms with Gasteiger partial charge in [0.1, 0.15) is 12.0 Å². The Morgan fingerprint density at radius 1 is 1.09 bits per heavy atom. The normalized spacial score (nSPS) is 16.4. The maximum atomic E-state index is 11.6. The number of aliphatic hydroxyl groups excluding tert-OH is 2. The highest BCUT2D eigenvalue weighted by Crippen LogP contribution is 2.28. The third kappa shape index (κ3) is 10.1. The first-order valence-corrected chi connectivity index (χ1v) is 12.1. The fraction of sp³-hybridized carbons (Fsp3) is 0.667. The summed E-state index contributed by atoms with van der Waals surface area (Å²) in [5, 5.41) is 30.1. The van der Waals surface area contributed by atoms with Crippen molar-refractivity contribution >= 4 is 11.9 Å². The van der Waals surface area contributed by atoms with Gasteiger partial charge in [-0.15, -0.1) is 0 Å². The molecule has 0 aliphatic rings. The average Bonchev–Trinajstić information content (AvgIpc) is 2.74. The van der Waals surface area contributed by atoms with Crippen LogP contribution >= 0.6 is 0 Å². The highest BCUT2D eigenvalue weighted by Gasteiger charge is 2.34. The number of aryl methyl sites for hydroxylation is 1. The number of carbonyl (C=O) groups excluding carboxylic acids is 1. The predicted octanol–water partition coefficient (Wildman–Crippen LogP) is 3.73. The van der Waals surface area contributed by atoms with Crippen LogP contribution in [0.1, 0.15) is 72.4 Å². The molecule has 7 nitrogen and oxygen atoms in total. The number of hydrogen-bond acceptors (Lipinski definition) is 6. The van der Waals surface area contributed by atoms with Crippen molar-refractivity contribution in [1.82, 2.24) is 5.48 Å². The lowest BCUT2D eigenvalue weighted by Crippen LogP contribution is -2.47. The summed E-state index contributed by atoms with van der Waals surface area (Å²) in [4.78, 5) is 28.8. The second-order valence-electron chi connectivity index (χ2n) is 10.6. The van der Waals surface area contributed by atoms with Crippen LogP contribution in [-0.4, -0.2) is 51.1 Å². The summed E-state index contributed by atoms with van der Waals surface area (Å²) in [5.74, 6) is -0.336. The summed E-state index contributed by atoms with van der Waals surface area (Å²) in [6.07, 6.45) is 0.894. The Morgan fingerprint density at radius 2 is 1.68 bits per heavy atom. The van der Waals surface area contributed by atoms with Crippen molar-refractivity contribution in [3.63, 3.8) is 0 Å². The number of hydrogen-bond donors (Lipinski definition) is 4. The molecule has 0 unspecified atom stereocenters. The van der Waals surface area contributed by atoms with E-state index in [0.717, 1.165) is 12.8 Å². The highest BCUT2D eigenvalue weighted by molar-refractivity contribution is 5.77. The predicted molar refractivity (Wildman–Crippen MR) is 133 cm³/mol. The van der Waals surface area contributed by atoms with E-state index in [9.17, 15) is 24.9 Å². The molecule has 1 aromatic carbocycles. The van der Waals surface area contributed by atoms with E-state index in [2.05, 4.69) is 31.5 Å². The molecule has 0 aliphatic carbocycles. The Hall–Kier alpha value is -2.02. The zero-order chi connectivity index (χ0) is 26.1. The first-order valence-electron chi connectivity index (χ1n) is 12.1. The van der Waals surface area contributed by atoms with E-state index in [0.29, 0.717) is 12.8 Å². The molecule has 0 saturated heterocycles. The molecule has 0 bridgehead atoms. The molecule has 0 spiro atoms. The zero-order valence-corrected chi connectivity index (χ0v) is 21.7. The van der Waals surface area contributed by atoms with Gasteiger partial charge in [0.05, 0.1) is 29.2 Å². The first-order chi connectivity index (χ1) is 15.8. The van der Waals surface area contributed by atoms with Gasteiger partial charge in [0.25, 0.3) is 0 Å². The van der Waals surface area contributed by atoms with Gasteiger partial charge in [-0.2, -0.15) is 5.48 Å². The van der Waals surface area contributed by atoms with Crippen LogP contribution in [0, 0.1) is 17.8 Å². The molecule has 7 heteroatoms. The van der Waals surface area contributed by atoms with Crippen LogP contribution < -0.4 is 5.48 Å². The summed E-state index contributed by atoms with van der Waals surface area (Å²) in [6.45, 7) is 12.9. The van der Waals surface area contributed by atoms with Crippen molar-refractivity contribution in [2.45, 2.75) is 98.0 Å². The van der Waals surface area contributed by atoms with Crippen molar-refractivity contribution < 1.29 is 29.7 Å². The van der Waals surface area contributed by atoms with Gasteiger partial charge >= 0.3 is 5.97 Å². The molecule has 0 fully saturated rings. The lowest BCUT2D eigenvalue weighted by atomic mass is 9.80. The standard InChI is InChI=1S/C27H43NO6/c1-17(2)22(14-21-11-9-8-10-20(21)13-12-18(3)30)15-24(28-34-27(5,6)7)25(31)23(16-29)19(4)26(32)33/h8-11,17-19,22,24-25,28,30-31H,12-15H2,1-7H3,(H,32,33)/t18-,19+,22-,24-,25-/m0/s1. The number of carboxylic acid groups (broad SMARTS) is 1. The van der Waals surface area contributed by atoms with Gasteiger partial charge in [-0.25, -0.2) is 4.79 Å². The van der Waals surface area contributed by atoms with E-state index < -0.39 is 29.6 Å². The second-order valence-corrected chi connectivity index (χ2v) is 10.6. The minimum Gasteiger partial charge on any atom is -0.481 e. The monoisotopic (exact) mass is 477 g/mol. The molecule has 34 heavy (non-hydrogen) atoms. The number of rotatable bonds is 14. The van der Waals surface area contributed by atoms with Crippen LogP contribution in [0.4, 0.5) is 0 Å². The van der Waals surface area contributed by atoms with E-state index in [4.69, 9.17) is 4.84 Å². The van der Waals surface area contributed by atoms with Gasteiger partial charge in [0, 0.05) is 0 Å². The minimum atomic E-state index is -1.36. The zero-order valence-electron chi connectivity index (χ0n) is 21.7. The molecular weight excluding hydrogens is 434 g/mol. The third-order valence-electron chi connectivity index (χ3n) is 6.10. The quantitative estimate of drug-likeness (QED) is 0.238. The molecule has 5 atom stereocenters. The van der Waals surface area contributed by atoms with Gasteiger partial charge in [-0.1, -0.05) is 38.1 Å². The fourth-order valence-corrected chi connectivity index (χ4v) is 3.81. The number of carboxylic acids is 1. The summed E-state index contributed by atoms with van der Waals surface area (Å²) in [7, 11) is 0. The maximum absolute atomic E-state index is 11.6. The van der Waals surface area contributed by atoms with Gasteiger partial charge in [-0.05, 0) is 83.3 Å². The molecule has 0 aliphatic heterocycles. The Balaban J connectivity index is 3.21. The fourth-order valence-electron chi connectivity index (χ4n) is 3.81. The Bertz CT molecular complexity index is 823. The molecule has 0 aromatic heterocycles. The SMILES string of the molecule is CC(C)[C@@H](Cc1ccccc1CC[C@H](C)O)C[C@H](NOC(C)(C)C)[C@@H](O)C(=C=O)[C@@H](C)C(=O)O. The van der Waals surface area contributed by atoms with Crippen molar-refractivity contribution in [3.05, 3.63) is 41.0 Å². The van der Waals surface area contributed by atoms with Gasteiger partial charge < -0.3 is 15.3 Å². The van der Waals surface area contributed by atoms with E-state index in [-0.39, 0.29) is 23.5 Å². The second kappa shape index (κ2) is 13.8. The van der Waals surface area contributed by atoms with Crippen molar-refractivity contribution in [1.29, 1.82) is 0 Å². The molecule has 0 radical (unpaired) electrons. The number of nitrogens with one attached hydrogen (secondary N) is 1. The van der Waals surface area contributed by atoms with Crippen LogP contribution in [0.2, 0.25) is 0 Å². The molecule has 1 aromatic rings. The van der Waals surface area contributed by atoms with Gasteiger partial charge in [-0.3, -0.25) is 9.63 Å². The lowest BCUT2D eigenvalue weighted by molar-refractivity contribution is -0.140. The minimum absolute atomic E-state index is 0.108. The largest absolute Gasteiger partial charge is 0.481 e. The number of hydroxylamine groups is 1. The number of benzene rings is 1. The van der Waals surface area contributed by atoms with Crippen molar-refractivity contribution in [3.8, 4) is 0 Å². The third-order valence-corrected chi connectivity index (χ3v) is 6.10. The van der Waals surface area contributed by atoms with Gasteiger partial charge in [0.2, 0.25) is 0 Å². The Morgan fingerprint density at radius 3 is 2.15 bits per heavy atom.